The van der Waals surface area contributed by atoms with Crippen LogP contribution in [0, 0.1) is 5.92 Å². The molecule has 27 heavy (non-hydrogen) atoms. The minimum absolute atomic E-state index is 0.345. The summed E-state index contributed by atoms with van der Waals surface area (Å²) in [5.74, 6) is 0.505. The molecule has 4 rings (SSSR count). The van der Waals surface area contributed by atoms with Gasteiger partial charge in [0, 0.05) is 50.6 Å². The summed E-state index contributed by atoms with van der Waals surface area (Å²) in [6, 6.07) is 10.0. The van der Waals surface area contributed by atoms with Crippen LogP contribution in [-0.4, -0.2) is 73.0 Å². The smallest absolute Gasteiger partial charge is 0.0622 e. The van der Waals surface area contributed by atoms with Crippen LogP contribution in [0.3, 0.4) is 0 Å². The van der Waals surface area contributed by atoms with E-state index in [0.29, 0.717) is 24.6 Å². The van der Waals surface area contributed by atoms with Crippen molar-refractivity contribution < 1.29 is 9.84 Å². The number of nitrogens with one attached hydrogen (secondary N) is 1. The van der Waals surface area contributed by atoms with E-state index < -0.39 is 0 Å². The third-order valence-corrected chi connectivity index (χ3v) is 6.69. The van der Waals surface area contributed by atoms with Crippen molar-refractivity contribution in [2.45, 2.75) is 50.7 Å². The van der Waals surface area contributed by atoms with E-state index in [4.69, 9.17) is 4.74 Å². The summed E-state index contributed by atoms with van der Waals surface area (Å²) in [7, 11) is 0. The Bertz CT molecular complexity index is 575. The lowest BCUT2D eigenvalue weighted by Gasteiger charge is -2.36. The van der Waals surface area contributed by atoms with Crippen molar-refractivity contribution in [1.82, 2.24) is 9.80 Å². The van der Waals surface area contributed by atoms with Gasteiger partial charge in [0.1, 0.15) is 0 Å². The van der Waals surface area contributed by atoms with Crippen molar-refractivity contribution in [1.29, 1.82) is 0 Å². The first kappa shape index (κ1) is 19.2. The van der Waals surface area contributed by atoms with E-state index in [1.54, 1.807) is 0 Å². The monoisotopic (exact) mass is 373 g/mol. The molecule has 2 N–H and O–H groups in total. The molecule has 0 bridgehead atoms. The van der Waals surface area contributed by atoms with Gasteiger partial charge in [-0.05, 0) is 62.7 Å². The highest BCUT2D eigenvalue weighted by atomic mass is 16.5. The molecule has 3 heterocycles. The van der Waals surface area contributed by atoms with Crippen LogP contribution >= 0.6 is 0 Å². The zero-order valence-corrected chi connectivity index (χ0v) is 16.5. The lowest BCUT2D eigenvalue weighted by molar-refractivity contribution is 0.124. The van der Waals surface area contributed by atoms with E-state index in [1.807, 2.05) is 0 Å². The van der Waals surface area contributed by atoms with E-state index in [9.17, 15) is 5.11 Å². The number of para-hydroxylation sites is 1. The van der Waals surface area contributed by atoms with Crippen LogP contribution in [0.2, 0.25) is 0 Å². The fourth-order valence-corrected chi connectivity index (χ4v) is 4.81. The van der Waals surface area contributed by atoms with E-state index in [2.05, 4.69) is 39.4 Å². The summed E-state index contributed by atoms with van der Waals surface area (Å²) < 4.78 is 5.56. The van der Waals surface area contributed by atoms with E-state index in [0.717, 1.165) is 45.7 Å². The third kappa shape index (κ3) is 5.02. The fourth-order valence-electron chi connectivity index (χ4n) is 4.81. The molecule has 1 aromatic carbocycles. The minimum Gasteiger partial charge on any atom is -0.396 e. The Morgan fingerprint density at radius 3 is 2.48 bits per heavy atom. The van der Waals surface area contributed by atoms with Gasteiger partial charge in [-0.2, -0.15) is 0 Å². The molecule has 0 radical (unpaired) electrons. The van der Waals surface area contributed by atoms with Crippen molar-refractivity contribution in [3.8, 4) is 0 Å². The molecule has 3 saturated heterocycles. The molecule has 150 valence electrons. The Kier molecular flexibility index (Phi) is 6.66. The second kappa shape index (κ2) is 9.37. The predicted molar refractivity (Wildman–Crippen MR) is 109 cm³/mol. The number of likely N-dealkylation sites (tertiary alicyclic amines) is 2. The van der Waals surface area contributed by atoms with Gasteiger partial charge < -0.3 is 15.2 Å². The predicted octanol–water partition coefficient (Wildman–Crippen LogP) is 2.56. The first-order chi connectivity index (χ1) is 13.3. The number of anilines is 1. The first-order valence-corrected chi connectivity index (χ1v) is 10.8. The van der Waals surface area contributed by atoms with E-state index in [-0.39, 0.29) is 0 Å². The van der Waals surface area contributed by atoms with Gasteiger partial charge in [0.15, 0.2) is 0 Å². The molecule has 1 atom stereocenters. The molecule has 0 spiro atoms. The van der Waals surface area contributed by atoms with E-state index >= 15 is 0 Å². The molecule has 0 saturated carbocycles. The average Bonchev–Trinajstić information content (AvgIpc) is 3.25. The van der Waals surface area contributed by atoms with Crippen LogP contribution in [0.1, 0.15) is 37.7 Å². The van der Waals surface area contributed by atoms with Crippen molar-refractivity contribution in [2.24, 2.45) is 5.92 Å². The number of benzene rings is 1. The fraction of sp³-hybridized carbons (Fsp3) is 0.727. The molecule has 3 fully saturated rings. The molecule has 3 aliphatic heterocycles. The Balaban J connectivity index is 1.29. The van der Waals surface area contributed by atoms with Crippen LogP contribution < -0.4 is 5.32 Å². The maximum atomic E-state index is 9.34. The lowest BCUT2D eigenvalue weighted by atomic mass is 9.97. The molecule has 0 amide bonds. The molecule has 0 aromatic heterocycles. The van der Waals surface area contributed by atoms with Crippen LogP contribution in [0.4, 0.5) is 5.69 Å². The topological polar surface area (TPSA) is 48.0 Å². The van der Waals surface area contributed by atoms with Crippen molar-refractivity contribution >= 4 is 5.69 Å². The summed E-state index contributed by atoms with van der Waals surface area (Å²) in [5, 5.41) is 13.2. The van der Waals surface area contributed by atoms with Crippen LogP contribution in [-0.2, 0) is 11.3 Å². The van der Waals surface area contributed by atoms with Crippen LogP contribution in [0.25, 0.3) is 0 Å². The summed E-state index contributed by atoms with van der Waals surface area (Å²) in [5.41, 5.74) is 2.72. The summed E-state index contributed by atoms with van der Waals surface area (Å²) in [4.78, 5) is 5.16. The Hall–Kier alpha value is -1.14. The Morgan fingerprint density at radius 2 is 1.78 bits per heavy atom. The van der Waals surface area contributed by atoms with Gasteiger partial charge in [0.2, 0.25) is 0 Å². The van der Waals surface area contributed by atoms with Gasteiger partial charge in [0.05, 0.1) is 6.61 Å². The van der Waals surface area contributed by atoms with Gasteiger partial charge in [0.25, 0.3) is 0 Å². The SMILES string of the molecule is OCC1CCN(Cc2ccccc2NC2CCN(C3CCOC3)CC2)CC1. The number of piperidine rings is 2. The second-order valence-corrected chi connectivity index (χ2v) is 8.53. The maximum absolute atomic E-state index is 9.34. The van der Waals surface area contributed by atoms with Gasteiger partial charge in [-0.3, -0.25) is 9.80 Å². The number of nitrogens with zero attached hydrogens (tertiary/aromatic N) is 2. The number of aliphatic hydroxyl groups is 1. The molecular formula is C22H35N3O2. The number of hydrogen-bond acceptors (Lipinski definition) is 5. The molecule has 0 aliphatic carbocycles. The molecule has 3 aliphatic rings. The maximum Gasteiger partial charge on any atom is 0.0622 e. The summed E-state index contributed by atoms with van der Waals surface area (Å²) >= 11 is 0. The van der Waals surface area contributed by atoms with E-state index in [1.165, 1.54) is 43.6 Å². The second-order valence-electron chi connectivity index (χ2n) is 8.53. The quantitative estimate of drug-likeness (QED) is 0.803. The van der Waals surface area contributed by atoms with Crippen LogP contribution in [0.15, 0.2) is 24.3 Å². The number of ether oxygens (including phenoxy) is 1. The number of rotatable bonds is 6. The molecule has 5 heteroatoms. The summed E-state index contributed by atoms with van der Waals surface area (Å²) in [6.07, 6.45) is 5.87. The Labute approximate surface area is 163 Å². The van der Waals surface area contributed by atoms with Gasteiger partial charge in [-0.1, -0.05) is 18.2 Å². The first-order valence-electron chi connectivity index (χ1n) is 10.8. The molecular weight excluding hydrogens is 338 g/mol. The van der Waals surface area contributed by atoms with Gasteiger partial charge >= 0.3 is 0 Å². The van der Waals surface area contributed by atoms with Crippen molar-refractivity contribution in [3.05, 3.63) is 29.8 Å². The van der Waals surface area contributed by atoms with Crippen LogP contribution in [0.5, 0.6) is 0 Å². The van der Waals surface area contributed by atoms with Gasteiger partial charge in [-0.15, -0.1) is 0 Å². The molecule has 5 nitrogen and oxygen atoms in total. The number of aliphatic hydroxyl groups excluding tert-OH is 1. The molecule has 1 aromatic rings. The highest BCUT2D eigenvalue weighted by Gasteiger charge is 2.28. The minimum atomic E-state index is 0.345. The average molecular weight is 374 g/mol. The zero-order chi connectivity index (χ0) is 18.5. The highest BCUT2D eigenvalue weighted by Crippen LogP contribution is 2.25. The number of hydrogen-bond donors (Lipinski definition) is 2. The van der Waals surface area contributed by atoms with Crippen molar-refractivity contribution in [3.63, 3.8) is 0 Å². The van der Waals surface area contributed by atoms with Crippen molar-refractivity contribution in [2.75, 3.05) is 51.3 Å². The Morgan fingerprint density at radius 1 is 1.00 bits per heavy atom. The van der Waals surface area contributed by atoms with Gasteiger partial charge in [-0.25, -0.2) is 0 Å². The third-order valence-electron chi connectivity index (χ3n) is 6.69. The standard InChI is InChI=1S/C22H35N3O2/c26-16-18-5-10-24(11-6-18)15-19-3-1-2-4-22(19)23-20-7-12-25(13-8-20)21-9-14-27-17-21/h1-4,18,20-21,23,26H,5-17H2. The lowest BCUT2D eigenvalue weighted by Crippen LogP contribution is -2.45. The highest BCUT2D eigenvalue weighted by molar-refractivity contribution is 5.51. The summed E-state index contributed by atoms with van der Waals surface area (Å²) in [6.45, 7) is 7.78. The normalized spacial score (nSPS) is 26.5. The largest absolute Gasteiger partial charge is 0.396 e. The zero-order valence-electron chi connectivity index (χ0n) is 16.5. The molecule has 1 unspecified atom stereocenters.